The van der Waals surface area contributed by atoms with Crippen LogP contribution in [0.25, 0.3) is 0 Å². The van der Waals surface area contributed by atoms with Gasteiger partial charge in [0.25, 0.3) is 10.0 Å². The predicted octanol–water partition coefficient (Wildman–Crippen LogP) is 1.29. The molecule has 9 heteroatoms. The molecule has 0 aliphatic carbocycles. The maximum Gasteiger partial charge on any atom is 0.327 e. The van der Waals surface area contributed by atoms with Crippen molar-refractivity contribution in [2.75, 3.05) is 10.6 Å². The van der Waals surface area contributed by atoms with Gasteiger partial charge in [-0.2, -0.15) is 0 Å². The van der Waals surface area contributed by atoms with E-state index in [9.17, 15) is 26.7 Å². The number of nitrogens with zero attached hydrogens (tertiary/aromatic N) is 1. The molecule has 132 valence electrons. The number of fused-ring (bicyclic) bond motifs is 1. The van der Waals surface area contributed by atoms with E-state index in [2.05, 4.69) is 0 Å². The van der Waals surface area contributed by atoms with E-state index in [1.807, 2.05) is 0 Å². The van der Waals surface area contributed by atoms with Gasteiger partial charge in [0.1, 0.15) is 10.9 Å². The van der Waals surface area contributed by atoms with Crippen LogP contribution in [-0.2, 0) is 31.1 Å². The van der Waals surface area contributed by atoms with Crippen molar-refractivity contribution in [3.05, 3.63) is 54.1 Å². The third-order valence-corrected chi connectivity index (χ3v) is 7.16. The molecule has 0 radical (unpaired) electrons. The van der Waals surface area contributed by atoms with Crippen molar-refractivity contribution in [3.63, 3.8) is 0 Å². The maximum atomic E-state index is 13.2. The smallest absolute Gasteiger partial charge is 0.327 e. The number of benzene rings is 2. The summed E-state index contributed by atoms with van der Waals surface area (Å²) in [6.07, 6.45) is 0.930. The van der Waals surface area contributed by atoms with Crippen LogP contribution in [0.3, 0.4) is 0 Å². The summed E-state index contributed by atoms with van der Waals surface area (Å²) in [6, 6.07) is 10.3. The Morgan fingerprint density at radius 1 is 1.00 bits per heavy atom. The SMILES string of the molecule is CS(=O)(=O)c1ccccc1S(=O)(=O)N1c2ccccc2CC1C(=O)O. The van der Waals surface area contributed by atoms with Crippen LogP contribution in [0.4, 0.5) is 5.69 Å². The Hall–Kier alpha value is -2.39. The van der Waals surface area contributed by atoms with Crippen LogP contribution in [0.5, 0.6) is 0 Å². The molecule has 0 bridgehead atoms. The second kappa shape index (κ2) is 5.85. The van der Waals surface area contributed by atoms with Crippen molar-refractivity contribution < 1.29 is 26.7 Å². The lowest BCUT2D eigenvalue weighted by molar-refractivity contribution is -0.138. The van der Waals surface area contributed by atoms with Gasteiger partial charge in [0, 0.05) is 12.7 Å². The number of carboxylic acids is 1. The number of hydrogen-bond acceptors (Lipinski definition) is 5. The summed E-state index contributed by atoms with van der Waals surface area (Å²) in [4.78, 5) is 10.8. The molecule has 0 saturated heterocycles. The zero-order chi connectivity index (χ0) is 18.4. The van der Waals surface area contributed by atoms with Crippen LogP contribution < -0.4 is 4.31 Å². The van der Waals surface area contributed by atoms with E-state index in [1.165, 1.54) is 30.3 Å². The lowest BCUT2D eigenvalue weighted by Gasteiger charge is -2.25. The zero-order valence-corrected chi connectivity index (χ0v) is 14.8. The molecule has 1 aliphatic rings. The van der Waals surface area contributed by atoms with Crippen LogP contribution >= 0.6 is 0 Å². The number of hydrogen-bond donors (Lipinski definition) is 1. The molecular weight excluding hydrogens is 366 g/mol. The molecule has 1 heterocycles. The molecule has 1 N–H and O–H groups in total. The Kier molecular flexibility index (Phi) is 4.08. The highest BCUT2D eigenvalue weighted by atomic mass is 32.2. The minimum absolute atomic E-state index is 0.0196. The molecule has 3 rings (SSSR count). The molecular formula is C16H15NO6S2. The summed E-state index contributed by atoms with van der Waals surface area (Å²) in [5, 5.41) is 9.47. The van der Waals surface area contributed by atoms with Crippen molar-refractivity contribution in [2.45, 2.75) is 22.3 Å². The predicted molar refractivity (Wildman–Crippen MR) is 90.8 cm³/mol. The van der Waals surface area contributed by atoms with Gasteiger partial charge in [-0.1, -0.05) is 30.3 Å². The number of carboxylic acid groups (broad SMARTS) is 1. The Labute approximate surface area is 145 Å². The third-order valence-electron chi connectivity index (χ3n) is 4.00. The summed E-state index contributed by atoms with van der Waals surface area (Å²) >= 11 is 0. The van der Waals surface area contributed by atoms with Gasteiger partial charge in [-0.15, -0.1) is 0 Å². The molecule has 0 spiro atoms. The Morgan fingerprint density at radius 3 is 2.16 bits per heavy atom. The molecule has 0 aromatic heterocycles. The fraction of sp³-hybridized carbons (Fsp3) is 0.188. The summed E-state index contributed by atoms with van der Waals surface area (Å²) in [7, 11) is -8.20. The Morgan fingerprint density at radius 2 is 1.56 bits per heavy atom. The maximum absolute atomic E-state index is 13.2. The molecule has 0 amide bonds. The van der Waals surface area contributed by atoms with Crippen LogP contribution in [0.2, 0.25) is 0 Å². The van der Waals surface area contributed by atoms with Crippen molar-refractivity contribution >= 4 is 31.5 Å². The monoisotopic (exact) mass is 381 g/mol. The summed E-state index contributed by atoms with van der Waals surface area (Å²) in [5.41, 5.74) is 0.827. The summed E-state index contributed by atoms with van der Waals surface area (Å²) in [6.45, 7) is 0. The molecule has 25 heavy (non-hydrogen) atoms. The van der Waals surface area contributed by atoms with E-state index in [0.29, 0.717) is 5.56 Å². The van der Waals surface area contributed by atoms with Gasteiger partial charge >= 0.3 is 5.97 Å². The molecule has 1 aliphatic heterocycles. The van der Waals surface area contributed by atoms with Gasteiger partial charge in [0.15, 0.2) is 9.84 Å². The topological polar surface area (TPSA) is 109 Å². The van der Waals surface area contributed by atoms with E-state index in [1.54, 1.807) is 18.2 Å². The van der Waals surface area contributed by atoms with Crippen molar-refractivity contribution in [1.29, 1.82) is 0 Å². The van der Waals surface area contributed by atoms with Gasteiger partial charge in [0.2, 0.25) is 0 Å². The average molecular weight is 381 g/mol. The Bertz CT molecular complexity index is 1060. The average Bonchev–Trinajstić information content (AvgIpc) is 2.94. The molecule has 1 atom stereocenters. The van der Waals surface area contributed by atoms with E-state index in [-0.39, 0.29) is 17.0 Å². The van der Waals surface area contributed by atoms with Crippen LogP contribution in [0.15, 0.2) is 58.3 Å². The van der Waals surface area contributed by atoms with Crippen molar-refractivity contribution in [3.8, 4) is 0 Å². The standard InChI is InChI=1S/C16H15NO6S2/c1-24(20,21)14-8-4-5-9-15(14)25(22,23)17-12-7-3-2-6-11(12)10-13(17)16(18)19/h2-9,13H,10H2,1H3,(H,18,19). The number of carbonyl (C=O) groups is 1. The summed E-state index contributed by atoms with van der Waals surface area (Å²) < 4.78 is 51.1. The number of aliphatic carboxylic acids is 1. The van der Waals surface area contributed by atoms with E-state index in [0.717, 1.165) is 10.6 Å². The highest BCUT2D eigenvalue weighted by Gasteiger charge is 2.43. The normalized spacial score (nSPS) is 17.3. The fourth-order valence-corrected chi connectivity index (χ4v) is 6.17. The minimum atomic E-state index is -4.39. The number of para-hydroxylation sites is 1. The van der Waals surface area contributed by atoms with E-state index >= 15 is 0 Å². The first kappa shape index (κ1) is 17.4. The Balaban J connectivity index is 2.26. The third kappa shape index (κ3) is 2.89. The van der Waals surface area contributed by atoms with Crippen molar-refractivity contribution in [2.24, 2.45) is 0 Å². The minimum Gasteiger partial charge on any atom is -0.480 e. The highest BCUT2D eigenvalue weighted by Crippen LogP contribution is 2.38. The van der Waals surface area contributed by atoms with Crippen LogP contribution in [-0.4, -0.2) is 40.2 Å². The first-order valence-electron chi connectivity index (χ1n) is 7.28. The number of sulfone groups is 1. The lowest BCUT2D eigenvalue weighted by Crippen LogP contribution is -2.43. The molecule has 2 aromatic rings. The number of sulfonamides is 1. The number of rotatable bonds is 4. The van der Waals surface area contributed by atoms with Gasteiger partial charge in [0.05, 0.1) is 10.6 Å². The zero-order valence-electron chi connectivity index (χ0n) is 13.2. The fourth-order valence-electron chi connectivity index (χ4n) is 2.92. The molecule has 7 nitrogen and oxygen atoms in total. The quantitative estimate of drug-likeness (QED) is 0.855. The second-order valence-corrected chi connectivity index (χ2v) is 9.47. The molecule has 1 unspecified atom stereocenters. The second-order valence-electron chi connectivity index (χ2n) is 5.71. The largest absolute Gasteiger partial charge is 0.480 e. The molecule has 0 saturated carbocycles. The summed E-state index contributed by atoms with van der Waals surface area (Å²) in [5.74, 6) is -1.29. The molecule has 0 fully saturated rings. The van der Waals surface area contributed by atoms with Crippen LogP contribution in [0, 0.1) is 0 Å². The van der Waals surface area contributed by atoms with Gasteiger partial charge in [-0.3, -0.25) is 4.31 Å². The van der Waals surface area contributed by atoms with E-state index in [4.69, 9.17) is 0 Å². The first-order chi connectivity index (χ1) is 11.6. The number of anilines is 1. The van der Waals surface area contributed by atoms with Gasteiger partial charge in [-0.25, -0.2) is 21.6 Å². The first-order valence-corrected chi connectivity index (χ1v) is 10.6. The van der Waals surface area contributed by atoms with E-state index < -0.39 is 36.8 Å². The molecule has 2 aromatic carbocycles. The van der Waals surface area contributed by atoms with Gasteiger partial charge in [-0.05, 0) is 23.8 Å². The van der Waals surface area contributed by atoms with Gasteiger partial charge < -0.3 is 5.11 Å². The highest BCUT2D eigenvalue weighted by molar-refractivity contribution is 7.95. The lowest BCUT2D eigenvalue weighted by atomic mass is 10.1. The van der Waals surface area contributed by atoms with Crippen LogP contribution in [0.1, 0.15) is 5.56 Å². The van der Waals surface area contributed by atoms with Crippen molar-refractivity contribution in [1.82, 2.24) is 0 Å².